The van der Waals surface area contributed by atoms with Gasteiger partial charge in [0.05, 0.1) is 5.69 Å². The van der Waals surface area contributed by atoms with Gasteiger partial charge in [0.2, 0.25) is 0 Å². The fourth-order valence-corrected chi connectivity index (χ4v) is 1.78. The first-order valence-corrected chi connectivity index (χ1v) is 5.62. The second-order valence-corrected chi connectivity index (χ2v) is 4.42. The van der Waals surface area contributed by atoms with Crippen molar-refractivity contribution in [2.75, 3.05) is 0 Å². The average Bonchev–Trinajstić information content (AvgIpc) is 2.30. The fraction of sp³-hybridized carbons (Fsp3) is 0.231. The smallest absolute Gasteiger partial charge is 0.115 e. The predicted octanol–water partition coefficient (Wildman–Crippen LogP) is 3.92. The summed E-state index contributed by atoms with van der Waals surface area (Å²) in [6, 6.07) is 7.75. The first-order valence-electron chi connectivity index (χ1n) is 5.24. The van der Waals surface area contributed by atoms with Crippen molar-refractivity contribution in [2.45, 2.75) is 19.8 Å². The van der Waals surface area contributed by atoms with Gasteiger partial charge < -0.3 is 0 Å². The fourth-order valence-electron chi connectivity index (χ4n) is 1.65. The molecule has 0 amide bonds. The highest BCUT2D eigenvalue weighted by Crippen LogP contribution is 2.27. The molecule has 1 aromatic carbocycles. The van der Waals surface area contributed by atoms with Gasteiger partial charge in [-0.05, 0) is 23.6 Å². The second kappa shape index (κ2) is 4.62. The summed E-state index contributed by atoms with van der Waals surface area (Å²) in [7, 11) is 0. The standard InChI is InChI=1S/C13H13ClN2/c1-9(2)13-12(7-15-8-16-13)10-3-5-11(14)6-4-10/h3-9H,1-2H3. The van der Waals surface area contributed by atoms with E-state index in [1.165, 1.54) is 0 Å². The lowest BCUT2D eigenvalue weighted by Crippen LogP contribution is -1.97. The Labute approximate surface area is 100 Å². The van der Waals surface area contributed by atoms with Crippen molar-refractivity contribution < 1.29 is 0 Å². The van der Waals surface area contributed by atoms with Crippen LogP contribution in [0.5, 0.6) is 0 Å². The molecule has 0 saturated carbocycles. The van der Waals surface area contributed by atoms with Gasteiger partial charge in [0.15, 0.2) is 0 Å². The Morgan fingerprint density at radius 3 is 2.44 bits per heavy atom. The van der Waals surface area contributed by atoms with Gasteiger partial charge in [0.25, 0.3) is 0 Å². The molecule has 82 valence electrons. The molecule has 3 heteroatoms. The van der Waals surface area contributed by atoms with Crippen LogP contribution in [0.3, 0.4) is 0 Å². The van der Waals surface area contributed by atoms with Gasteiger partial charge in [-0.1, -0.05) is 37.6 Å². The first kappa shape index (κ1) is 11.1. The Bertz CT molecular complexity index is 478. The quantitative estimate of drug-likeness (QED) is 0.784. The molecule has 0 atom stereocenters. The molecule has 0 bridgehead atoms. The summed E-state index contributed by atoms with van der Waals surface area (Å²) >= 11 is 5.87. The van der Waals surface area contributed by atoms with E-state index in [1.807, 2.05) is 30.5 Å². The zero-order chi connectivity index (χ0) is 11.5. The Kier molecular flexibility index (Phi) is 3.20. The molecule has 0 spiro atoms. The number of rotatable bonds is 2. The second-order valence-electron chi connectivity index (χ2n) is 3.98. The zero-order valence-corrected chi connectivity index (χ0v) is 10.1. The van der Waals surface area contributed by atoms with Crippen LogP contribution in [-0.4, -0.2) is 9.97 Å². The number of aromatic nitrogens is 2. The van der Waals surface area contributed by atoms with E-state index in [0.717, 1.165) is 21.8 Å². The van der Waals surface area contributed by atoms with Gasteiger partial charge in [0, 0.05) is 16.8 Å². The van der Waals surface area contributed by atoms with Crippen LogP contribution in [0, 0.1) is 0 Å². The molecular formula is C13H13ClN2. The molecule has 1 aromatic heterocycles. The van der Waals surface area contributed by atoms with E-state index in [4.69, 9.17) is 11.6 Å². The van der Waals surface area contributed by atoms with Crippen LogP contribution in [0.4, 0.5) is 0 Å². The van der Waals surface area contributed by atoms with Crippen LogP contribution in [0.15, 0.2) is 36.8 Å². The third-order valence-corrected chi connectivity index (χ3v) is 2.70. The molecule has 0 aliphatic heterocycles. The van der Waals surface area contributed by atoms with Crippen molar-refractivity contribution in [3.05, 3.63) is 47.5 Å². The zero-order valence-electron chi connectivity index (χ0n) is 9.31. The highest BCUT2D eigenvalue weighted by Gasteiger charge is 2.09. The third kappa shape index (κ3) is 2.22. The summed E-state index contributed by atoms with van der Waals surface area (Å²) < 4.78 is 0. The van der Waals surface area contributed by atoms with Crippen molar-refractivity contribution in [1.82, 2.24) is 9.97 Å². The van der Waals surface area contributed by atoms with Gasteiger partial charge in [-0.2, -0.15) is 0 Å². The molecule has 0 aliphatic carbocycles. The van der Waals surface area contributed by atoms with E-state index in [1.54, 1.807) is 6.33 Å². The first-order chi connectivity index (χ1) is 7.68. The highest BCUT2D eigenvalue weighted by atomic mass is 35.5. The largest absolute Gasteiger partial charge is 0.244 e. The molecule has 2 nitrogen and oxygen atoms in total. The van der Waals surface area contributed by atoms with Crippen LogP contribution < -0.4 is 0 Å². The maximum Gasteiger partial charge on any atom is 0.115 e. The van der Waals surface area contributed by atoms with Crippen LogP contribution >= 0.6 is 11.6 Å². The minimum atomic E-state index is 0.383. The lowest BCUT2D eigenvalue weighted by molar-refractivity contribution is 0.817. The molecule has 0 saturated heterocycles. The van der Waals surface area contributed by atoms with E-state index in [0.29, 0.717) is 5.92 Å². The van der Waals surface area contributed by atoms with E-state index in [-0.39, 0.29) is 0 Å². The van der Waals surface area contributed by atoms with Gasteiger partial charge in [0.1, 0.15) is 6.33 Å². The van der Waals surface area contributed by atoms with Crippen molar-refractivity contribution in [1.29, 1.82) is 0 Å². The molecule has 0 fully saturated rings. The molecule has 0 unspecified atom stereocenters. The average molecular weight is 233 g/mol. The molecule has 2 aromatic rings. The predicted molar refractivity (Wildman–Crippen MR) is 66.6 cm³/mol. The molecule has 0 radical (unpaired) electrons. The van der Waals surface area contributed by atoms with Crippen molar-refractivity contribution in [3.8, 4) is 11.1 Å². The van der Waals surface area contributed by atoms with Gasteiger partial charge in [-0.3, -0.25) is 0 Å². The monoisotopic (exact) mass is 232 g/mol. The Morgan fingerprint density at radius 2 is 1.81 bits per heavy atom. The van der Waals surface area contributed by atoms with Gasteiger partial charge >= 0.3 is 0 Å². The summed E-state index contributed by atoms with van der Waals surface area (Å²) in [5.41, 5.74) is 3.25. The van der Waals surface area contributed by atoms with E-state index < -0.39 is 0 Å². The number of halogens is 1. The summed E-state index contributed by atoms with van der Waals surface area (Å²) in [5, 5.41) is 0.742. The summed E-state index contributed by atoms with van der Waals surface area (Å²) in [5.74, 6) is 0.383. The number of benzene rings is 1. The van der Waals surface area contributed by atoms with Gasteiger partial charge in [-0.25, -0.2) is 9.97 Å². The summed E-state index contributed by atoms with van der Waals surface area (Å²) in [4.78, 5) is 8.42. The molecule has 1 heterocycles. The molecule has 16 heavy (non-hydrogen) atoms. The third-order valence-electron chi connectivity index (χ3n) is 2.45. The van der Waals surface area contributed by atoms with Crippen molar-refractivity contribution >= 4 is 11.6 Å². The van der Waals surface area contributed by atoms with Crippen molar-refractivity contribution in [2.24, 2.45) is 0 Å². The maximum absolute atomic E-state index is 5.87. The Morgan fingerprint density at radius 1 is 1.12 bits per heavy atom. The number of hydrogen-bond donors (Lipinski definition) is 0. The van der Waals surface area contributed by atoms with Crippen LogP contribution in [-0.2, 0) is 0 Å². The number of nitrogens with zero attached hydrogens (tertiary/aromatic N) is 2. The Hall–Kier alpha value is -1.41. The van der Waals surface area contributed by atoms with Crippen LogP contribution in [0.2, 0.25) is 5.02 Å². The highest BCUT2D eigenvalue weighted by molar-refractivity contribution is 6.30. The van der Waals surface area contributed by atoms with E-state index >= 15 is 0 Å². The number of hydrogen-bond acceptors (Lipinski definition) is 2. The lowest BCUT2D eigenvalue weighted by atomic mass is 9.99. The molecule has 0 aliphatic rings. The summed E-state index contributed by atoms with van der Waals surface area (Å²) in [6.45, 7) is 4.25. The van der Waals surface area contributed by atoms with Gasteiger partial charge in [-0.15, -0.1) is 0 Å². The molecule has 2 rings (SSSR count). The maximum atomic E-state index is 5.87. The lowest BCUT2D eigenvalue weighted by Gasteiger charge is -2.10. The van der Waals surface area contributed by atoms with Crippen LogP contribution in [0.1, 0.15) is 25.5 Å². The Balaban J connectivity index is 2.51. The van der Waals surface area contributed by atoms with E-state index in [9.17, 15) is 0 Å². The normalized spacial score (nSPS) is 10.8. The molecule has 0 N–H and O–H groups in total. The SMILES string of the molecule is CC(C)c1ncncc1-c1ccc(Cl)cc1. The topological polar surface area (TPSA) is 25.8 Å². The minimum Gasteiger partial charge on any atom is -0.244 e. The van der Waals surface area contributed by atoms with Crippen LogP contribution in [0.25, 0.3) is 11.1 Å². The van der Waals surface area contributed by atoms with E-state index in [2.05, 4.69) is 23.8 Å². The molecular weight excluding hydrogens is 220 g/mol. The van der Waals surface area contributed by atoms with Crippen molar-refractivity contribution in [3.63, 3.8) is 0 Å². The summed E-state index contributed by atoms with van der Waals surface area (Å²) in [6.07, 6.45) is 3.44. The minimum absolute atomic E-state index is 0.383.